The first kappa shape index (κ1) is 8.45. The van der Waals surface area contributed by atoms with Gasteiger partial charge in [-0.3, -0.25) is 0 Å². The maximum Gasteiger partial charge on any atom is 0.366 e. The number of hydrogen-bond acceptors (Lipinski definition) is 1. The molecule has 67 valence electrons. The summed E-state index contributed by atoms with van der Waals surface area (Å²) >= 11 is 0. The molecule has 1 radical (unpaired) electrons. The summed E-state index contributed by atoms with van der Waals surface area (Å²) in [6.45, 7) is 0. The van der Waals surface area contributed by atoms with Crippen LogP contribution in [0, 0.1) is 0 Å². The quantitative estimate of drug-likeness (QED) is 0.553. The van der Waals surface area contributed by atoms with Gasteiger partial charge in [-0.1, -0.05) is 23.1 Å². The molecule has 2 heteroatoms. The molecule has 0 saturated heterocycles. The Labute approximate surface area is 78.2 Å². The molecule has 0 bridgehead atoms. The average molecular weight is 175 g/mol. The Bertz CT molecular complexity index is 333. The van der Waals surface area contributed by atoms with E-state index in [0.29, 0.717) is 6.42 Å². The Morgan fingerprint density at radius 2 is 2.00 bits per heavy atom. The third kappa shape index (κ3) is 1.49. The highest BCUT2D eigenvalue weighted by molar-refractivity contribution is 5.85. The summed E-state index contributed by atoms with van der Waals surface area (Å²) in [6, 6.07) is 8.12. The van der Waals surface area contributed by atoms with Gasteiger partial charge in [-0.05, 0) is 12.8 Å². The Balaban J connectivity index is 2.46. The second kappa shape index (κ2) is 3.30. The topological polar surface area (TPSA) is 23.0 Å². The van der Waals surface area contributed by atoms with Gasteiger partial charge in [0.05, 0.1) is 6.42 Å². The van der Waals surface area contributed by atoms with Crippen LogP contribution in [0.2, 0.25) is 0 Å². The molecule has 1 aliphatic rings. The zero-order valence-corrected chi connectivity index (χ0v) is 7.79. The molecule has 0 saturated carbocycles. The molecule has 13 heavy (non-hydrogen) atoms. The monoisotopic (exact) mass is 175 g/mol. The maximum atomic E-state index is 11.5. The number of carbonyl (C=O) groups excluding carboxylic acids is 1. The predicted octanol–water partition coefficient (Wildman–Crippen LogP) is 1.95. The summed E-state index contributed by atoms with van der Waals surface area (Å²) < 4.78 is 0. The van der Waals surface area contributed by atoms with Gasteiger partial charge in [0.2, 0.25) is 0 Å². The van der Waals surface area contributed by atoms with Crippen LogP contribution in [0.15, 0.2) is 24.3 Å². The number of amides is 1. The number of carbonyl (C=O) groups is 1. The zero-order valence-electron chi connectivity index (χ0n) is 7.79. The van der Waals surface area contributed by atoms with Crippen molar-refractivity contribution in [3.63, 3.8) is 0 Å². The first-order chi connectivity index (χ1) is 6.29. The van der Waals surface area contributed by atoms with Gasteiger partial charge in [-0.15, -0.1) is 0 Å². The fraction of sp³-hybridized carbons (Fsp3) is 0.364. The van der Waals surface area contributed by atoms with E-state index in [1.165, 1.54) is 5.56 Å². The summed E-state index contributed by atoms with van der Waals surface area (Å²) in [5, 5.41) is 0. The molecular formula is C11H13NO+. The highest BCUT2D eigenvalue weighted by atomic mass is 16.2. The van der Waals surface area contributed by atoms with E-state index < -0.39 is 0 Å². The van der Waals surface area contributed by atoms with Crippen LogP contribution in [0.25, 0.3) is 0 Å². The lowest BCUT2D eigenvalue weighted by Gasteiger charge is -2.03. The van der Waals surface area contributed by atoms with Gasteiger partial charge in [0.25, 0.3) is 0 Å². The summed E-state index contributed by atoms with van der Waals surface area (Å²) in [5.74, 6) is 0.227. The normalized spacial score (nSPS) is 18.1. The van der Waals surface area contributed by atoms with Crippen molar-refractivity contribution in [1.82, 2.24) is 4.90 Å². The molecule has 2 rings (SSSR count). The van der Waals surface area contributed by atoms with E-state index in [1.54, 1.807) is 4.90 Å². The standard InChI is InChI=1S/C11H13NO/c1-12-10-7-3-2-5-9(10)6-4-8-11(12)13/h2-3,5,7H,4,6,8H2,1H3/q+1. The van der Waals surface area contributed by atoms with E-state index in [4.69, 9.17) is 0 Å². The first-order valence-corrected chi connectivity index (χ1v) is 4.63. The minimum atomic E-state index is 0.227. The third-order valence-corrected chi connectivity index (χ3v) is 2.56. The van der Waals surface area contributed by atoms with Crippen LogP contribution < -0.4 is 4.90 Å². The Kier molecular flexibility index (Phi) is 2.15. The predicted molar refractivity (Wildman–Crippen MR) is 52.1 cm³/mol. The lowest BCUT2D eigenvalue weighted by Crippen LogP contribution is -2.26. The molecule has 0 aliphatic carbocycles. The Morgan fingerprint density at radius 3 is 2.85 bits per heavy atom. The van der Waals surface area contributed by atoms with Crippen molar-refractivity contribution in [2.24, 2.45) is 0 Å². The van der Waals surface area contributed by atoms with Gasteiger partial charge in [0.1, 0.15) is 7.05 Å². The van der Waals surface area contributed by atoms with Crippen LogP contribution in [0.1, 0.15) is 18.4 Å². The Hall–Kier alpha value is -1.15. The van der Waals surface area contributed by atoms with Gasteiger partial charge in [-0.25, -0.2) is 4.79 Å². The second-order valence-electron chi connectivity index (χ2n) is 3.44. The third-order valence-electron chi connectivity index (χ3n) is 2.56. The molecule has 0 unspecified atom stereocenters. The number of nitrogens with zero attached hydrogens (tertiary/aromatic N) is 1. The van der Waals surface area contributed by atoms with Crippen LogP contribution >= 0.6 is 0 Å². The molecule has 1 aromatic rings. The zero-order chi connectivity index (χ0) is 9.26. The van der Waals surface area contributed by atoms with E-state index in [2.05, 4.69) is 6.07 Å². The van der Waals surface area contributed by atoms with Crippen molar-refractivity contribution >= 4 is 11.6 Å². The number of hydrogen-bond donors (Lipinski definition) is 0. The van der Waals surface area contributed by atoms with Crippen molar-refractivity contribution in [3.8, 4) is 0 Å². The summed E-state index contributed by atoms with van der Waals surface area (Å²) in [7, 11) is 1.85. The largest absolute Gasteiger partial charge is 0.366 e. The van der Waals surface area contributed by atoms with Crippen molar-refractivity contribution in [2.75, 3.05) is 7.05 Å². The van der Waals surface area contributed by atoms with Crippen LogP contribution in [-0.2, 0) is 11.2 Å². The lowest BCUT2D eigenvalue weighted by molar-refractivity contribution is -0.123. The highest BCUT2D eigenvalue weighted by Gasteiger charge is 2.28. The van der Waals surface area contributed by atoms with E-state index in [9.17, 15) is 4.79 Å². The Morgan fingerprint density at radius 1 is 1.23 bits per heavy atom. The van der Waals surface area contributed by atoms with E-state index in [1.807, 2.05) is 25.2 Å². The molecule has 0 spiro atoms. The van der Waals surface area contributed by atoms with Crippen LogP contribution in [-0.4, -0.2) is 13.0 Å². The molecule has 2 nitrogen and oxygen atoms in total. The molecule has 0 N–H and O–H groups in total. The molecule has 0 atom stereocenters. The van der Waals surface area contributed by atoms with E-state index in [0.717, 1.165) is 18.5 Å². The molecule has 1 aromatic carbocycles. The summed E-state index contributed by atoms with van der Waals surface area (Å²) in [5.41, 5.74) is 2.36. The van der Waals surface area contributed by atoms with Gasteiger partial charge in [-0.2, -0.15) is 0 Å². The van der Waals surface area contributed by atoms with Gasteiger partial charge >= 0.3 is 5.91 Å². The van der Waals surface area contributed by atoms with Crippen LogP contribution in [0.3, 0.4) is 0 Å². The first-order valence-electron chi connectivity index (χ1n) is 4.63. The number of para-hydroxylation sites is 1. The maximum absolute atomic E-state index is 11.5. The van der Waals surface area contributed by atoms with Crippen LogP contribution in [0.4, 0.5) is 5.69 Å². The average Bonchev–Trinajstić information content (AvgIpc) is 2.29. The fourth-order valence-electron chi connectivity index (χ4n) is 1.78. The van der Waals surface area contributed by atoms with Crippen molar-refractivity contribution < 1.29 is 4.79 Å². The molecular weight excluding hydrogens is 162 g/mol. The fourth-order valence-corrected chi connectivity index (χ4v) is 1.78. The smallest absolute Gasteiger partial charge is 0.225 e. The number of aryl methyl sites for hydroxylation is 1. The minimum absolute atomic E-state index is 0.227. The van der Waals surface area contributed by atoms with Crippen molar-refractivity contribution in [1.29, 1.82) is 0 Å². The van der Waals surface area contributed by atoms with Gasteiger partial charge < -0.3 is 0 Å². The van der Waals surface area contributed by atoms with Crippen LogP contribution in [0.5, 0.6) is 0 Å². The van der Waals surface area contributed by atoms with Gasteiger partial charge in [0, 0.05) is 11.6 Å². The second-order valence-corrected chi connectivity index (χ2v) is 3.44. The molecule has 0 fully saturated rings. The molecule has 1 aliphatic heterocycles. The SMILES string of the molecule is C[N+]1C(=O)CCCc2ccccc21. The van der Waals surface area contributed by atoms with Crippen molar-refractivity contribution in [2.45, 2.75) is 19.3 Å². The highest BCUT2D eigenvalue weighted by Crippen LogP contribution is 2.24. The molecule has 1 heterocycles. The number of anilines is 1. The summed E-state index contributed by atoms with van der Waals surface area (Å²) in [4.78, 5) is 13.3. The number of benzene rings is 1. The van der Waals surface area contributed by atoms with E-state index >= 15 is 0 Å². The summed E-state index contributed by atoms with van der Waals surface area (Å²) in [6.07, 6.45) is 2.66. The molecule has 1 amide bonds. The van der Waals surface area contributed by atoms with Gasteiger partial charge in [0.15, 0.2) is 5.69 Å². The number of fused-ring (bicyclic) bond motifs is 1. The minimum Gasteiger partial charge on any atom is -0.225 e. The lowest BCUT2D eigenvalue weighted by atomic mass is 10.1. The molecule has 0 aromatic heterocycles. The number of rotatable bonds is 0. The van der Waals surface area contributed by atoms with Crippen molar-refractivity contribution in [3.05, 3.63) is 29.8 Å². The van der Waals surface area contributed by atoms with E-state index in [-0.39, 0.29) is 5.91 Å².